The molecular weight excluding hydrogens is 284 g/mol. The SMILES string of the molecule is O=C(Nc1ccccc1O)c1cccc(Cl)c1[N+](=O)[O-]. The van der Waals surface area contributed by atoms with E-state index >= 15 is 0 Å². The third kappa shape index (κ3) is 2.70. The summed E-state index contributed by atoms with van der Waals surface area (Å²) in [6, 6.07) is 10.1. The highest BCUT2D eigenvalue weighted by Crippen LogP contribution is 2.29. The van der Waals surface area contributed by atoms with Gasteiger partial charge < -0.3 is 10.4 Å². The van der Waals surface area contributed by atoms with E-state index in [-0.39, 0.29) is 22.0 Å². The molecule has 2 rings (SSSR count). The maximum Gasteiger partial charge on any atom is 0.300 e. The van der Waals surface area contributed by atoms with Crippen LogP contribution < -0.4 is 5.32 Å². The molecule has 0 aliphatic rings. The standard InChI is InChI=1S/C13H9ClN2O4/c14-9-5-3-4-8(12(9)16(19)20)13(18)15-10-6-1-2-7-11(10)17/h1-7,17H,(H,15,18). The Kier molecular flexibility index (Phi) is 3.86. The fraction of sp³-hybridized carbons (Fsp3) is 0. The Morgan fingerprint density at radius 2 is 1.90 bits per heavy atom. The van der Waals surface area contributed by atoms with E-state index < -0.39 is 16.5 Å². The highest BCUT2D eigenvalue weighted by Gasteiger charge is 2.23. The lowest BCUT2D eigenvalue weighted by atomic mass is 10.1. The third-order valence-corrected chi connectivity index (χ3v) is 2.87. The lowest BCUT2D eigenvalue weighted by Crippen LogP contribution is -2.14. The van der Waals surface area contributed by atoms with E-state index in [1.807, 2.05) is 0 Å². The Labute approximate surface area is 118 Å². The van der Waals surface area contributed by atoms with Crippen molar-refractivity contribution < 1.29 is 14.8 Å². The molecule has 0 aliphatic heterocycles. The van der Waals surface area contributed by atoms with Gasteiger partial charge in [-0.2, -0.15) is 0 Å². The summed E-state index contributed by atoms with van der Waals surface area (Å²) in [7, 11) is 0. The van der Waals surface area contributed by atoms with Gasteiger partial charge in [0.25, 0.3) is 5.91 Å². The molecule has 0 atom stereocenters. The van der Waals surface area contributed by atoms with Gasteiger partial charge in [-0.25, -0.2) is 0 Å². The number of amides is 1. The Hall–Kier alpha value is -2.60. The van der Waals surface area contributed by atoms with Gasteiger partial charge in [0.2, 0.25) is 0 Å². The summed E-state index contributed by atoms with van der Waals surface area (Å²) < 4.78 is 0. The number of rotatable bonds is 3. The van der Waals surface area contributed by atoms with Crippen molar-refractivity contribution in [3.63, 3.8) is 0 Å². The Morgan fingerprint density at radius 1 is 1.20 bits per heavy atom. The second kappa shape index (κ2) is 5.58. The Bertz CT molecular complexity index is 688. The number of carbonyl (C=O) groups excluding carboxylic acids is 1. The highest BCUT2D eigenvalue weighted by atomic mass is 35.5. The molecule has 0 bridgehead atoms. The van der Waals surface area contributed by atoms with Crippen LogP contribution in [0.25, 0.3) is 0 Å². The molecule has 6 nitrogen and oxygen atoms in total. The first kappa shape index (κ1) is 13.8. The van der Waals surface area contributed by atoms with Crippen molar-refractivity contribution in [2.24, 2.45) is 0 Å². The van der Waals surface area contributed by atoms with Gasteiger partial charge in [0, 0.05) is 0 Å². The van der Waals surface area contributed by atoms with Crippen molar-refractivity contribution in [2.45, 2.75) is 0 Å². The minimum Gasteiger partial charge on any atom is -0.506 e. The molecule has 0 saturated heterocycles. The number of benzene rings is 2. The molecule has 1 amide bonds. The summed E-state index contributed by atoms with van der Waals surface area (Å²) >= 11 is 5.73. The van der Waals surface area contributed by atoms with Gasteiger partial charge in [0.05, 0.1) is 10.6 Å². The molecule has 2 N–H and O–H groups in total. The number of aromatic hydroxyl groups is 1. The molecule has 102 valence electrons. The second-order valence-electron chi connectivity index (χ2n) is 3.86. The van der Waals surface area contributed by atoms with Crippen molar-refractivity contribution in [2.75, 3.05) is 5.32 Å². The first-order valence-electron chi connectivity index (χ1n) is 5.53. The number of anilines is 1. The summed E-state index contributed by atoms with van der Waals surface area (Å²) in [4.78, 5) is 22.3. The van der Waals surface area contributed by atoms with Crippen LogP contribution in [0.2, 0.25) is 5.02 Å². The molecule has 0 fully saturated rings. The normalized spacial score (nSPS) is 10.1. The number of hydrogen-bond acceptors (Lipinski definition) is 4. The molecule has 20 heavy (non-hydrogen) atoms. The molecule has 0 radical (unpaired) electrons. The van der Waals surface area contributed by atoms with E-state index in [4.69, 9.17) is 11.6 Å². The van der Waals surface area contributed by atoms with Gasteiger partial charge in [-0.1, -0.05) is 29.8 Å². The van der Waals surface area contributed by atoms with Gasteiger partial charge in [-0.15, -0.1) is 0 Å². The first-order chi connectivity index (χ1) is 9.50. The van der Waals surface area contributed by atoms with Gasteiger partial charge in [0.1, 0.15) is 16.3 Å². The van der Waals surface area contributed by atoms with Crippen molar-refractivity contribution in [3.8, 4) is 5.75 Å². The van der Waals surface area contributed by atoms with Crippen LogP contribution in [-0.4, -0.2) is 15.9 Å². The van der Waals surface area contributed by atoms with Crippen LogP contribution in [0.5, 0.6) is 5.75 Å². The maximum absolute atomic E-state index is 12.1. The monoisotopic (exact) mass is 292 g/mol. The summed E-state index contributed by atoms with van der Waals surface area (Å²) in [5.41, 5.74) is -0.486. The molecule has 0 spiro atoms. The molecule has 2 aromatic rings. The Morgan fingerprint density at radius 3 is 2.55 bits per heavy atom. The number of phenolic OH excluding ortho intramolecular Hbond substituents is 1. The summed E-state index contributed by atoms with van der Waals surface area (Å²) in [5.74, 6) is -0.855. The van der Waals surface area contributed by atoms with Crippen LogP contribution in [0.4, 0.5) is 11.4 Å². The lowest BCUT2D eigenvalue weighted by Gasteiger charge is -2.07. The van der Waals surface area contributed by atoms with Gasteiger partial charge in [-0.05, 0) is 24.3 Å². The molecule has 0 aromatic heterocycles. The summed E-state index contributed by atoms with van der Waals surface area (Å²) in [6.45, 7) is 0. The van der Waals surface area contributed by atoms with E-state index in [1.165, 1.54) is 30.3 Å². The van der Waals surface area contributed by atoms with E-state index in [0.29, 0.717) is 0 Å². The Balaban J connectivity index is 2.38. The maximum atomic E-state index is 12.1. The zero-order chi connectivity index (χ0) is 14.7. The lowest BCUT2D eigenvalue weighted by molar-refractivity contribution is -0.385. The van der Waals surface area contributed by atoms with Crippen LogP contribution in [0.3, 0.4) is 0 Å². The quantitative estimate of drug-likeness (QED) is 0.516. The van der Waals surface area contributed by atoms with E-state index in [0.717, 1.165) is 0 Å². The van der Waals surface area contributed by atoms with Crippen LogP contribution in [0, 0.1) is 10.1 Å². The first-order valence-corrected chi connectivity index (χ1v) is 5.90. The predicted octanol–water partition coefficient (Wildman–Crippen LogP) is 3.21. The zero-order valence-corrected chi connectivity index (χ0v) is 10.8. The van der Waals surface area contributed by atoms with E-state index in [1.54, 1.807) is 12.1 Å². The van der Waals surface area contributed by atoms with Crippen LogP contribution in [0.15, 0.2) is 42.5 Å². The molecule has 0 unspecified atom stereocenters. The molecule has 7 heteroatoms. The second-order valence-corrected chi connectivity index (χ2v) is 4.27. The number of nitro benzene ring substituents is 1. The van der Waals surface area contributed by atoms with Crippen LogP contribution >= 0.6 is 11.6 Å². The average molecular weight is 293 g/mol. The topological polar surface area (TPSA) is 92.5 Å². The largest absolute Gasteiger partial charge is 0.506 e. The highest BCUT2D eigenvalue weighted by molar-refractivity contribution is 6.33. The third-order valence-electron chi connectivity index (χ3n) is 2.57. The van der Waals surface area contributed by atoms with Crippen molar-refractivity contribution in [1.82, 2.24) is 0 Å². The van der Waals surface area contributed by atoms with Crippen molar-refractivity contribution in [1.29, 1.82) is 0 Å². The molecule has 0 aliphatic carbocycles. The van der Waals surface area contributed by atoms with Crippen molar-refractivity contribution >= 4 is 28.9 Å². The number of nitrogens with zero attached hydrogens (tertiary/aromatic N) is 1. The number of halogens is 1. The van der Waals surface area contributed by atoms with Crippen LogP contribution in [-0.2, 0) is 0 Å². The number of nitro groups is 1. The summed E-state index contributed by atoms with van der Waals surface area (Å²) in [5, 5.41) is 22.8. The fourth-order valence-electron chi connectivity index (χ4n) is 1.65. The number of phenols is 1. The minimum absolute atomic E-state index is 0.125. The molecular formula is C13H9ClN2O4. The number of hydrogen-bond donors (Lipinski definition) is 2. The van der Waals surface area contributed by atoms with Gasteiger partial charge in [0.15, 0.2) is 0 Å². The molecule has 0 saturated carbocycles. The van der Waals surface area contributed by atoms with Gasteiger partial charge >= 0.3 is 5.69 Å². The summed E-state index contributed by atoms with van der Waals surface area (Å²) in [6.07, 6.45) is 0. The van der Waals surface area contributed by atoms with E-state index in [9.17, 15) is 20.0 Å². The predicted molar refractivity (Wildman–Crippen MR) is 74.2 cm³/mol. The van der Waals surface area contributed by atoms with Crippen molar-refractivity contribution in [3.05, 3.63) is 63.2 Å². The fourth-order valence-corrected chi connectivity index (χ4v) is 1.90. The minimum atomic E-state index is -0.722. The van der Waals surface area contributed by atoms with Crippen LogP contribution in [0.1, 0.15) is 10.4 Å². The van der Waals surface area contributed by atoms with E-state index in [2.05, 4.69) is 5.32 Å². The molecule has 0 heterocycles. The number of nitrogens with one attached hydrogen (secondary N) is 1. The zero-order valence-electron chi connectivity index (χ0n) is 10.0. The van der Waals surface area contributed by atoms with Gasteiger partial charge in [-0.3, -0.25) is 14.9 Å². The smallest absolute Gasteiger partial charge is 0.300 e. The number of carbonyl (C=O) groups is 1. The average Bonchev–Trinajstić information content (AvgIpc) is 2.40. The number of para-hydroxylation sites is 3. The molecule has 2 aromatic carbocycles.